The first-order chi connectivity index (χ1) is 11.2. The molecule has 23 heavy (non-hydrogen) atoms. The third kappa shape index (κ3) is 9.91. The summed E-state index contributed by atoms with van der Waals surface area (Å²) in [6.45, 7) is 3.75. The maximum atomic E-state index is 11.7. The van der Waals surface area contributed by atoms with E-state index in [1.807, 2.05) is 0 Å². The minimum absolute atomic E-state index is 0.0197. The topological polar surface area (TPSA) is 46.7 Å². The normalized spacial score (nSPS) is 19.7. The van der Waals surface area contributed by atoms with E-state index in [0.29, 0.717) is 6.42 Å². The molecular formula is C20H36O3. The molecule has 3 heteroatoms. The van der Waals surface area contributed by atoms with Gasteiger partial charge in [0.2, 0.25) is 0 Å². The highest BCUT2D eigenvalue weighted by atomic mass is 16.6. The van der Waals surface area contributed by atoms with Crippen LogP contribution in [0.4, 0.5) is 0 Å². The van der Waals surface area contributed by atoms with Gasteiger partial charge in [0.1, 0.15) is 12.2 Å². The van der Waals surface area contributed by atoms with E-state index in [0.717, 1.165) is 12.8 Å². The van der Waals surface area contributed by atoms with E-state index >= 15 is 0 Å². The van der Waals surface area contributed by atoms with Crippen molar-refractivity contribution in [2.45, 2.75) is 116 Å². The molecule has 0 aliphatic carbocycles. The summed E-state index contributed by atoms with van der Waals surface area (Å²) < 4.78 is 5.11. The Balaban J connectivity index is 1.77. The molecule has 1 aliphatic rings. The molecule has 0 bridgehead atoms. The Kier molecular flexibility index (Phi) is 11.2. The Bertz CT molecular complexity index is 338. The molecule has 2 atom stereocenters. The van der Waals surface area contributed by atoms with Gasteiger partial charge in [-0.3, -0.25) is 9.59 Å². The average molecular weight is 325 g/mol. The monoisotopic (exact) mass is 324 g/mol. The lowest BCUT2D eigenvalue weighted by Gasteiger charge is -2.03. The fraction of sp³-hybridized carbons (Fsp3) is 0.900. The van der Waals surface area contributed by atoms with E-state index in [-0.39, 0.29) is 11.6 Å². The lowest BCUT2D eigenvalue weighted by molar-refractivity contribution is -0.121. The third-order valence-corrected chi connectivity index (χ3v) is 4.74. The zero-order valence-corrected chi connectivity index (χ0v) is 15.3. The highest BCUT2D eigenvalue weighted by Gasteiger charge is 2.47. The fourth-order valence-corrected chi connectivity index (χ4v) is 3.13. The minimum Gasteiger partial charge on any atom is -0.353 e. The van der Waals surface area contributed by atoms with Gasteiger partial charge in [-0.2, -0.15) is 0 Å². The molecule has 134 valence electrons. The zero-order chi connectivity index (χ0) is 16.9. The molecule has 1 saturated heterocycles. The Morgan fingerprint density at radius 3 is 1.52 bits per heavy atom. The summed E-state index contributed by atoms with van der Waals surface area (Å²) in [6.07, 6.45) is 16.8. The number of rotatable bonds is 16. The van der Waals surface area contributed by atoms with Crippen LogP contribution in [0.5, 0.6) is 0 Å². The SMILES string of the molecule is CCCCCCCCCCCCCCCC(=O)[C@H]1O[C@H]1C(C)=O. The molecule has 3 nitrogen and oxygen atoms in total. The minimum atomic E-state index is -0.426. The molecule has 0 radical (unpaired) electrons. The van der Waals surface area contributed by atoms with Gasteiger partial charge in [-0.1, -0.05) is 84.0 Å². The molecule has 0 spiro atoms. The van der Waals surface area contributed by atoms with E-state index in [9.17, 15) is 9.59 Å². The number of Topliss-reactive ketones (excluding diaryl/α,β-unsaturated/α-hetero) is 2. The van der Waals surface area contributed by atoms with E-state index < -0.39 is 12.2 Å². The van der Waals surface area contributed by atoms with Gasteiger partial charge >= 0.3 is 0 Å². The van der Waals surface area contributed by atoms with Crippen molar-refractivity contribution in [1.29, 1.82) is 0 Å². The van der Waals surface area contributed by atoms with Gasteiger partial charge in [-0.25, -0.2) is 0 Å². The first-order valence-corrected chi connectivity index (χ1v) is 9.85. The molecule has 0 unspecified atom stereocenters. The molecule has 0 aromatic rings. The summed E-state index contributed by atoms with van der Waals surface area (Å²) in [5.41, 5.74) is 0. The van der Waals surface area contributed by atoms with Crippen molar-refractivity contribution in [2.75, 3.05) is 0 Å². The molecule has 0 N–H and O–H groups in total. The molecule has 1 heterocycles. The highest BCUT2D eigenvalue weighted by molar-refractivity contribution is 5.95. The van der Waals surface area contributed by atoms with Crippen LogP contribution >= 0.6 is 0 Å². The number of hydrogen-bond donors (Lipinski definition) is 0. The van der Waals surface area contributed by atoms with Gasteiger partial charge < -0.3 is 4.74 Å². The summed E-state index contributed by atoms with van der Waals surface area (Å²) in [7, 11) is 0. The molecule has 0 aromatic heterocycles. The predicted molar refractivity (Wildman–Crippen MR) is 94.7 cm³/mol. The molecule has 0 amide bonds. The fourth-order valence-electron chi connectivity index (χ4n) is 3.13. The van der Waals surface area contributed by atoms with Crippen LogP contribution < -0.4 is 0 Å². The van der Waals surface area contributed by atoms with Crippen molar-refractivity contribution in [3.8, 4) is 0 Å². The molecule has 0 saturated carbocycles. The number of ketones is 2. The standard InChI is InChI=1S/C20H36O3/c1-3-4-5-6-7-8-9-10-11-12-13-14-15-16-18(22)20-19(23-20)17(2)21/h19-20H,3-16H2,1-2H3/t19-,20+/m0/s1. The number of ether oxygens (including phenoxy) is 1. The Morgan fingerprint density at radius 2 is 1.13 bits per heavy atom. The van der Waals surface area contributed by atoms with Gasteiger partial charge in [0.15, 0.2) is 11.6 Å². The quantitative estimate of drug-likeness (QED) is 0.282. The van der Waals surface area contributed by atoms with Crippen LogP contribution in [0.2, 0.25) is 0 Å². The molecule has 1 fully saturated rings. The number of carbonyl (C=O) groups excluding carboxylic acids is 2. The van der Waals surface area contributed by atoms with Gasteiger partial charge in [0, 0.05) is 6.42 Å². The van der Waals surface area contributed by atoms with Crippen molar-refractivity contribution < 1.29 is 14.3 Å². The number of epoxide rings is 1. The zero-order valence-electron chi connectivity index (χ0n) is 15.3. The summed E-state index contributed by atoms with van der Waals surface area (Å²) >= 11 is 0. The number of unbranched alkanes of at least 4 members (excludes halogenated alkanes) is 12. The van der Waals surface area contributed by atoms with Crippen molar-refractivity contribution >= 4 is 11.6 Å². The summed E-state index contributed by atoms with van der Waals surface area (Å²) in [6, 6.07) is 0. The van der Waals surface area contributed by atoms with Crippen molar-refractivity contribution in [3.05, 3.63) is 0 Å². The summed E-state index contributed by atoms with van der Waals surface area (Å²) in [5, 5.41) is 0. The molecule has 1 rings (SSSR count). The van der Waals surface area contributed by atoms with Crippen LogP contribution in [-0.4, -0.2) is 23.8 Å². The van der Waals surface area contributed by atoms with Crippen LogP contribution in [0.25, 0.3) is 0 Å². The van der Waals surface area contributed by atoms with Crippen molar-refractivity contribution in [2.24, 2.45) is 0 Å². The van der Waals surface area contributed by atoms with Crippen LogP contribution in [0.1, 0.15) is 104 Å². The summed E-state index contributed by atoms with van der Waals surface area (Å²) in [5.74, 6) is 0.0991. The maximum absolute atomic E-state index is 11.7. The second-order valence-corrected chi connectivity index (χ2v) is 7.05. The first kappa shape index (κ1) is 20.3. The summed E-state index contributed by atoms with van der Waals surface area (Å²) in [4.78, 5) is 22.8. The molecule has 0 aromatic carbocycles. The third-order valence-electron chi connectivity index (χ3n) is 4.74. The van der Waals surface area contributed by atoms with Crippen molar-refractivity contribution in [3.63, 3.8) is 0 Å². The second kappa shape index (κ2) is 12.7. The average Bonchev–Trinajstić information content (AvgIpc) is 3.32. The van der Waals surface area contributed by atoms with Crippen LogP contribution in [-0.2, 0) is 14.3 Å². The second-order valence-electron chi connectivity index (χ2n) is 7.05. The van der Waals surface area contributed by atoms with Crippen molar-refractivity contribution in [1.82, 2.24) is 0 Å². The maximum Gasteiger partial charge on any atom is 0.164 e. The van der Waals surface area contributed by atoms with Crippen LogP contribution in [0, 0.1) is 0 Å². The van der Waals surface area contributed by atoms with Crippen LogP contribution in [0.3, 0.4) is 0 Å². The Morgan fingerprint density at radius 1 is 0.696 bits per heavy atom. The Hall–Kier alpha value is -0.700. The molecular weight excluding hydrogens is 288 g/mol. The highest BCUT2D eigenvalue weighted by Crippen LogP contribution is 2.25. The lowest BCUT2D eigenvalue weighted by Crippen LogP contribution is -2.13. The van der Waals surface area contributed by atoms with Gasteiger partial charge in [0.25, 0.3) is 0 Å². The van der Waals surface area contributed by atoms with E-state index in [4.69, 9.17) is 4.74 Å². The van der Waals surface area contributed by atoms with E-state index in [2.05, 4.69) is 6.92 Å². The van der Waals surface area contributed by atoms with Crippen LogP contribution in [0.15, 0.2) is 0 Å². The largest absolute Gasteiger partial charge is 0.353 e. The first-order valence-electron chi connectivity index (χ1n) is 9.85. The Labute approximate surface area is 142 Å². The lowest BCUT2D eigenvalue weighted by atomic mass is 10.0. The van der Waals surface area contributed by atoms with E-state index in [1.165, 1.54) is 77.6 Å². The molecule has 1 aliphatic heterocycles. The van der Waals surface area contributed by atoms with Gasteiger partial charge in [-0.15, -0.1) is 0 Å². The number of carbonyl (C=O) groups is 2. The van der Waals surface area contributed by atoms with Gasteiger partial charge in [-0.05, 0) is 13.3 Å². The predicted octanol–water partition coefficient (Wildman–Crippen LogP) is 5.39. The van der Waals surface area contributed by atoms with E-state index in [1.54, 1.807) is 0 Å². The smallest absolute Gasteiger partial charge is 0.164 e. The number of hydrogen-bond acceptors (Lipinski definition) is 3. The van der Waals surface area contributed by atoms with Gasteiger partial charge in [0.05, 0.1) is 0 Å².